The number of hydrogen-bond donors (Lipinski definition) is 2. The first-order chi connectivity index (χ1) is 13.8. The lowest BCUT2D eigenvalue weighted by molar-refractivity contribution is 0.0195. The number of ether oxygens (including phenoxy) is 1. The minimum atomic E-state index is -3.81. The highest BCUT2D eigenvalue weighted by molar-refractivity contribution is 7.89. The lowest BCUT2D eigenvalue weighted by Gasteiger charge is -2.40. The summed E-state index contributed by atoms with van der Waals surface area (Å²) in [6.07, 6.45) is 2.52. The smallest absolute Gasteiger partial charge is 0.407 e. The Morgan fingerprint density at radius 3 is 2.27 bits per heavy atom. The summed E-state index contributed by atoms with van der Waals surface area (Å²) in [5.74, 6) is -0.717. The highest BCUT2D eigenvalue weighted by Crippen LogP contribution is 2.39. The molecular formula is C22H35FN2O4S. The van der Waals surface area contributed by atoms with Crippen LogP contribution in [-0.2, 0) is 14.8 Å². The Bertz CT molecular complexity index is 813. The Morgan fingerprint density at radius 1 is 1.17 bits per heavy atom. The summed E-state index contributed by atoms with van der Waals surface area (Å²) in [7, 11) is -3.81. The lowest BCUT2D eigenvalue weighted by atomic mass is 9.74. The zero-order valence-corrected chi connectivity index (χ0v) is 19.4. The third-order valence-electron chi connectivity index (χ3n) is 5.49. The summed E-state index contributed by atoms with van der Waals surface area (Å²) in [5.41, 5.74) is -1.27. The summed E-state index contributed by atoms with van der Waals surface area (Å²) < 4.78 is 49.4. The molecule has 8 heteroatoms. The largest absolute Gasteiger partial charge is 0.444 e. The van der Waals surface area contributed by atoms with Crippen molar-refractivity contribution < 1.29 is 22.3 Å². The number of benzene rings is 1. The number of hydrogen-bond acceptors (Lipinski definition) is 4. The minimum Gasteiger partial charge on any atom is -0.444 e. The zero-order valence-electron chi connectivity index (χ0n) is 18.6. The predicted molar refractivity (Wildman–Crippen MR) is 116 cm³/mol. The Kier molecular flexibility index (Phi) is 7.91. The molecule has 0 bridgehead atoms. The van der Waals surface area contributed by atoms with Crippen LogP contribution in [0.2, 0.25) is 0 Å². The molecule has 1 aliphatic carbocycles. The van der Waals surface area contributed by atoms with Crippen LogP contribution in [0.5, 0.6) is 0 Å². The van der Waals surface area contributed by atoms with Gasteiger partial charge >= 0.3 is 6.09 Å². The fourth-order valence-electron chi connectivity index (χ4n) is 3.94. The van der Waals surface area contributed by atoms with Gasteiger partial charge in [-0.05, 0) is 59.6 Å². The second-order valence-corrected chi connectivity index (χ2v) is 11.0. The predicted octanol–water partition coefficient (Wildman–Crippen LogP) is 4.48. The fraction of sp³-hybridized carbons (Fsp3) is 0.682. The van der Waals surface area contributed by atoms with E-state index in [1.54, 1.807) is 39.8 Å². The van der Waals surface area contributed by atoms with E-state index in [1.165, 1.54) is 12.1 Å². The maximum Gasteiger partial charge on any atom is 0.407 e. The molecule has 0 aromatic heterocycles. The van der Waals surface area contributed by atoms with Crippen LogP contribution in [0.25, 0.3) is 0 Å². The van der Waals surface area contributed by atoms with Crippen LogP contribution in [0.1, 0.15) is 65.4 Å². The van der Waals surface area contributed by atoms with Gasteiger partial charge in [0, 0.05) is 18.5 Å². The van der Waals surface area contributed by atoms with Crippen molar-refractivity contribution in [3.05, 3.63) is 29.8 Å². The molecule has 2 rings (SSSR count). The molecule has 2 atom stereocenters. The van der Waals surface area contributed by atoms with Gasteiger partial charge in [0.1, 0.15) is 11.3 Å². The minimum absolute atomic E-state index is 0.0109. The van der Waals surface area contributed by atoms with Crippen LogP contribution in [0.15, 0.2) is 29.2 Å². The van der Waals surface area contributed by atoms with Gasteiger partial charge in [-0.3, -0.25) is 0 Å². The van der Waals surface area contributed by atoms with Crippen molar-refractivity contribution in [2.45, 2.75) is 88.9 Å². The number of rotatable bonds is 7. The second-order valence-electron chi connectivity index (χ2n) is 9.31. The topological polar surface area (TPSA) is 84.5 Å². The number of amides is 1. The van der Waals surface area contributed by atoms with Gasteiger partial charge in [-0.25, -0.2) is 22.3 Å². The summed E-state index contributed by atoms with van der Waals surface area (Å²) >= 11 is 0. The molecule has 1 aliphatic rings. The Hall–Kier alpha value is -1.67. The van der Waals surface area contributed by atoms with Crippen molar-refractivity contribution in [3.8, 4) is 0 Å². The Labute approximate surface area is 180 Å². The number of aryl methyl sites for hydroxylation is 1. The second kappa shape index (κ2) is 9.64. The van der Waals surface area contributed by atoms with Gasteiger partial charge in [0.2, 0.25) is 10.0 Å². The molecule has 0 heterocycles. The quantitative estimate of drug-likeness (QED) is 0.652. The van der Waals surface area contributed by atoms with Crippen molar-refractivity contribution >= 4 is 16.1 Å². The molecule has 1 aromatic carbocycles. The van der Waals surface area contributed by atoms with Gasteiger partial charge in [0.25, 0.3) is 0 Å². The maximum atomic E-state index is 15.9. The Morgan fingerprint density at radius 2 is 1.73 bits per heavy atom. The highest BCUT2D eigenvalue weighted by Gasteiger charge is 2.44. The van der Waals surface area contributed by atoms with Crippen LogP contribution in [0, 0.1) is 12.8 Å². The Balaban J connectivity index is 2.18. The summed E-state index contributed by atoms with van der Waals surface area (Å²) in [6.45, 7) is 8.77. The monoisotopic (exact) mass is 442 g/mol. The molecule has 1 amide bonds. The summed E-state index contributed by atoms with van der Waals surface area (Å²) in [6, 6.07) is 5.79. The highest BCUT2D eigenvalue weighted by atomic mass is 32.2. The van der Waals surface area contributed by atoms with Crippen LogP contribution in [0.4, 0.5) is 9.18 Å². The zero-order chi connectivity index (χ0) is 22.6. The van der Waals surface area contributed by atoms with E-state index in [0.717, 1.165) is 24.8 Å². The number of alkyl carbamates (subject to hydrolysis) is 1. The third-order valence-corrected chi connectivity index (χ3v) is 7.07. The first-order valence-corrected chi connectivity index (χ1v) is 12.1. The number of carbonyl (C=O) groups is 1. The lowest BCUT2D eigenvalue weighted by Crippen LogP contribution is -2.53. The summed E-state index contributed by atoms with van der Waals surface area (Å²) in [5, 5.41) is 2.64. The van der Waals surface area contributed by atoms with Gasteiger partial charge in [0.05, 0.1) is 4.90 Å². The number of halogens is 1. The molecule has 30 heavy (non-hydrogen) atoms. The molecule has 1 fully saturated rings. The average Bonchev–Trinajstić information content (AvgIpc) is 2.60. The average molecular weight is 443 g/mol. The van der Waals surface area contributed by atoms with Crippen LogP contribution < -0.4 is 10.0 Å². The number of carbonyl (C=O) groups excluding carboxylic acids is 1. The van der Waals surface area contributed by atoms with Gasteiger partial charge < -0.3 is 10.1 Å². The molecule has 1 aromatic rings. The standard InChI is InChI=1S/C22H35FN2O4S/c1-16-9-11-18(12-10-16)30(27,28)25-17(2)19(22(23)13-7-6-8-14-22)15-24-20(26)29-21(3,4)5/h9-12,17,19,25H,6-8,13-15H2,1-5H3,(H,24,26). The van der Waals surface area contributed by atoms with Crippen molar-refractivity contribution in [3.63, 3.8) is 0 Å². The molecule has 0 aliphatic heterocycles. The normalized spacial score (nSPS) is 19.0. The van der Waals surface area contributed by atoms with E-state index >= 15 is 4.39 Å². The van der Waals surface area contributed by atoms with E-state index in [2.05, 4.69) is 10.0 Å². The van der Waals surface area contributed by atoms with Crippen LogP contribution >= 0.6 is 0 Å². The van der Waals surface area contributed by atoms with E-state index in [1.807, 2.05) is 6.92 Å². The van der Waals surface area contributed by atoms with Crippen LogP contribution in [0.3, 0.4) is 0 Å². The van der Waals surface area contributed by atoms with Gasteiger partial charge in [-0.15, -0.1) is 0 Å². The van der Waals surface area contributed by atoms with E-state index < -0.39 is 39.3 Å². The van der Waals surface area contributed by atoms with E-state index in [4.69, 9.17) is 4.74 Å². The maximum absolute atomic E-state index is 15.9. The molecule has 2 N–H and O–H groups in total. The molecule has 170 valence electrons. The SMILES string of the molecule is Cc1ccc(S(=O)(=O)NC(C)C(CNC(=O)OC(C)(C)C)C2(F)CCCCC2)cc1. The fourth-order valence-corrected chi connectivity index (χ4v) is 5.22. The van der Waals surface area contributed by atoms with E-state index in [9.17, 15) is 13.2 Å². The van der Waals surface area contributed by atoms with Crippen molar-refractivity contribution in [1.29, 1.82) is 0 Å². The summed E-state index contributed by atoms with van der Waals surface area (Å²) in [4.78, 5) is 12.3. The number of nitrogens with one attached hydrogen (secondary N) is 2. The van der Waals surface area contributed by atoms with E-state index in [0.29, 0.717) is 12.8 Å². The van der Waals surface area contributed by atoms with Crippen LogP contribution in [-0.4, -0.2) is 38.4 Å². The molecular weight excluding hydrogens is 407 g/mol. The van der Waals surface area contributed by atoms with Crippen molar-refractivity contribution in [1.82, 2.24) is 10.0 Å². The first-order valence-electron chi connectivity index (χ1n) is 10.6. The third kappa shape index (κ3) is 6.94. The molecule has 0 saturated heterocycles. The van der Waals surface area contributed by atoms with Crippen molar-refractivity contribution in [2.24, 2.45) is 5.92 Å². The first kappa shape index (κ1) is 24.6. The van der Waals surface area contributed by atoms with Gasteiger partial charge in [-0.2, -0.15) is 0 Å². The molecule has 1 saturated carbocycles. The van der Waals surface area contributed by atoms with Gasteiger partial charge in [0.15, 0.2) is 0 Å². The van der Waals surface area contributed by atoms with Crippen molar-refractivity contribution in [2.75, 3.05) is 6.54 Å². The van der Waals surface area contributed by atoms with Gasteiger partial charge in [-0.1, -0.05) is 37.0 Å². The number of alkyl halides is 1. The molecule has 0 radical (unpaired) electrons. The molecule has 2 unspecified atom stereocenters. The molecule has 6 nitrogen and oxygen atoms in total. The number of sulfonamides is 1. The van der Waals surface area contributed by atoms with E-state index in [-0.39, 0.29) is 11.4 Å². The molecule has 0 spiro atoms.